The molecule has 0 unspecified atom stereocenters. The van der Waals surface area contributed by atoms with Crippen molar-refractivity contribution in [2.24, 2.45) is 0 Å². The Morgan fingerprint density at radius 2 is 1.06 bits per heavy atom. The topological polar surface area (TPSA) is 38.9 Å². The summed E-state index contributed by atoms with van der Waals surface area (Å²) in [6.45, 7) is 0. The van der Waals surface area contributed by atoms with Crippen molar-refractivity contribution in [1.29, 1.82) is 0 Å². The summed E-state index contributed by atoms with van der Waals surface area (Å²) < 4.78 is 6.48. The van der Waals surface area contributed by atoms with E-state index in [1.807, 2.05) is 18.2 Å². The zero-order valence-electron chi connectivity index (χ0n) is 28.1. The maximum absolute atomic E-state index is 6.48. The van der Waals surface area contributed by atoms with Crippen LogP contribution in [-0.4, -0.2) is 9.97 Å². The maximum atomic E-state index is 6.48. The molecule has 2 heterocycles. The van der Waals surface area contributed by atoms with Crippen LogP contribution in [0.15, 0.2) is 186 Å². The quantitative estimate of drug-likeness (QED) is 0.176. The SMILES string of the molecule is c1ccc(-c2nc(-c3ccc(C4(c5ccc6c(c5)oc5ccccc56)c5ccccc5-c5ccccc54)cc3)nc3ccc4ccccc4c23)cc1. The van der Waals surface area contributed by atoms with Crippen LogP contribution in [0.3, 0.4) is 0 Å². The molecule has 2 aromatic heterocycles. The van der Waals surface area contributed by atoms with E-state index in [2.05, 4.69) is 164 Å². The molecule has 0 saturated heterocycles. The summed E-state index contributed by atoms with van der Waals surface area (Å²) in [7, 11) is 0. The van der Waals surface area contributed by atoms with Gasteiger partial charge in [0.2, 0.25) is 0 Å². The first-order valence-electron chi connectivity index (χ1n) is 17.7. The van der Waals surface area contributed by atoms with Crippen molar-refractivity contribution in [3.63, 3.8) is 0 Å². The van der Waals surface area contributed by atoms with Crippen LogP contribution < -0.4 is 0 Å². The lowest BCUT2D eigenvalue weighted by atomic mass is 9.67. The number of benzene rings is 8. The van der Waals surface area contributed by atoms with Crippen molar-refractivity contribution in [2.45, 2.75) is 5.41 Å². The summed E-state index contributed by atoms with van der Waals surface area (Å²) in [6, 6.07) is 64.9. The first kappa shape index (κ1) is 28.9. The van der Waals surface area contributed by atoms with Crippen LogP contribution in [0, 0.1) is 0 Å². The highest BCUT2D eigenvalue weighted by Crippen LogP contribution is 2.56. The molecule has 3 nitrogen and oxygen atoms in total. The average Bonchev–Trinajstić information content (AvgIpc) is 3.74. The van der Waals surface area contributed by atoms with Crippen LogP contribution in [0.4, 0.5) is 0 Å². The van der Waals surface area contributed by atoms with Gasteiger partial charge in [-0.25, -0.2) is 9.97 Å². The molecule has 52 heavy (non-hydrogen) atoms. The number of para-hydroxylation sites is 1. The number of rotatable bonds is 4. The highest BCUT2D eigenvalue weighted by molar-refractivity contribution is 6.12. The number of hydrogen-bond acceptors (Lipinski definition) is 3. The van der Waals surface area contributed by atoms with Gasteiger partial charge >= 0.3 is 0 Å². The fraction of sp³-hybridized carbons (Fsp3) is 0.0204. The number of nitrogens with zero attached hydrogens (tertiary/aromatic N) is 2. The minimum absolute atomic E-state index is 0.558. The van der Waals surface area contributed by atoms with Gasteiger partial charge in [0.05, 0.1) is 16.6 Å². The fourth-order valence-corrected chi connectivity index (χ4v) is 8.69. The Balaban J connectivity index is 1.13. The van der Waals surface area contributed by atoms with Crippen molar-refractivity contribution in [3.8, 4) is 33.8 Å². The van der Waals surface area contributed by atoms with Crippen molar-refractivity contribution >= 4 is 43.6 Å². The monoisotopic (exact) mass is 662 g/mol. The van der Waals surface area contributed by atoms with E-state index in [1.165, 1.54) is 38.8 Å². The summed E-state index contributed by atoms with van der Waals surface area (Å²) in [5.74, 6) is 0.707. The van der Waals surface area contributed by atoms with Gasteiger partial charge in [-0.1, -0.05) is 164 Å². The predicted octanol–water partition coefficient (Wildman–Crippen LogP) is 12.4. The first-order valence-corrected chi connectivity index (χ1v) is 17.7. The molecule has 0 atom stereocenters. The second kappa shape index (κ2) is 11.1. The Hall–Kier alpha value is -6.84. The summed E-state index contributed by atoms with van der Waals surface area (Å²) in [6.07, 6.45) is 0. The molecule has 1 aliphatic carbocycles. The van der Waals surface area contributed by atoms with E-state index in [0.717, 1.165) is 55.0 Å². The smallest absolute Gasteiger partial charge is 0.160 e. The third kappa shape index (κ3) is 4.08. The molecule has 0 N–H and O–H groups in total. The third-order valence-electron chi connectivity index (χ3n) is 11.0. The predicted molar refractivity (Wildman–Crippen MR) is 212 cm³/mol. The molecule has 3 heteroatoms. The van der Waals surface area contributed by atoms with Crippen molar-refractivity contribution in [2.75, 3.05) is 0 Å². The minimum Gasteiger partial charge on any atom is -0.456 e. The normalized spacial score (nSPS) is 13.2. The molecule has 242 valence electrons. The van der Waals surface area contributed by atoms with E-state index in [1.54, 1.807) is 0 Å². The van der Waals surface area contributed by atoms with Crippen LogP contribution in [0.2, 0.25) is 0 Å². The Bertz CT molecular complexity index is 2970. The second-order valence-corrected chi connectivity index (χ2v) is 13.7. The molecule has 0 aliphatic heterocycles. The second-order valence-electron chi connectivity index (χ2n) is 13.7. The zero-order valence-corrected chi connectivity index (χ0v) is 28.1. The Morgan fingerprint density at radius 3 is 1.85 bits per heavy atom. The molecule has 0 bridgehead atoms. The lowest BCUT2D eigenvalue weighted by Gasteiger charge is -2.34. The molecule has 8 aromatic carbocycles. The summed E-state index contributed by atoms with van der Waals surface area (Å²) in [5, 5.41) is 5.66. The largest absolute Gasteiger partial charge is 0.456 e. The zero-order chi connectivity index (χ0) is 34.2. The highest BCUT2D eigenvalue weighted by Gasteiger charge is 2.46. The number of furan rings is 1. The van der Waals surface area contributed by atoms with Crippen LogP contribution in [0.5, 0.6) is 0 Å². The number of hydrogen-bond donors (Lipinski definition) is 0. The van der Waals surface area contributed by atoms with E-state index < -0.39 is 5.41 Å². The maximum Gasteiger partial charge on any atom is 0.160 e. The Kier molecular flexibility index (Phi) is 6.17. The van der Waals surface area contributed by atoms with Crippen LogP contribution >= 0.6 is 0 Å². The van der Waals surface area contributed by atoms with E-state index in [-0.39, 0.29) is 0 Å². The Morgan fingerprint density at radius 1 is 0.423 bits per heavy atom. The highest BCUT2D eigenvalue weighted by atomic mass is 16.3. The minimum atomic E-state index is -0.558. The Labute approximate surface area is 300 Å². The molecule has 0 fully saturated rings. The molecule has 0 amide bonds. The van der Waals surface area contributed by atoms with E-state index in [0.29, 0.717) is 5.82 Å². The number of aromatic nitrogens is 2. The van der Waals surface area contributed by atoms with Gasteiger partial charge in [-0.05, 0) is 62.4 Å². The van der Waals surface area contributed by atoms with Crippen LogP contribution in [0.25, 0.3) is 77.4 Å². The van der Waals surface area contributed by atoms with Crippen molar-refractivity contribution < 1.29 is 4.42 Å². The van der Waals surface area contributed by atoms with Crippen LogP contribution in [-0.2, 0) is 5.41 Å². The van der Waals surface area contributed by atoms with Crippen molar-refractivity contribution in [1.82, 2.24) is 9.97 Å². The standard InChI is InChI=1S/C49H30N2O/c1-2-13-32(14-3-1)47-46-36-15-5-4-12-31(36)24-29-43(46)50-48(51-47)33-22-25-34(26-23-33)49(41-19-9-6-16-37(41)38-17-7-10-20-42(38)49)35-27-28-40-39-18-8-11-21-44(39)52-45(40)30-35/h1-30H. The van der Waals surface area contributed by atoms with Gasteiger partial charge < -0.3 is 4.42 Å². The van der Waals surface area contributed by atoms with E-state index in [4.69, 9.17) is 14.4 Å². The summed E-state index contributed by atoms with van der Waals surface area (Å²) in [4.78, 5) is 10.5. The van der Waals surface area contributed by atoms with Gasteiger partial charge in [-0.2, -0.15) is 0 Å². The molecular weight excluding hydrogens is 633 g/mol. The molecule has 10 aromatic rings. The molecule has 11 rings (SSSR count). The lowest BCUT2D eigenvalue weighted by molar-refractivity contribution is 0.665. The summed E-state index contributed by atoms with van der Waals surface area (Å²) >= 11 is 0. The average molecular weight is 663 g/mol. The van der Waals surface area contributed by atoms with Gasteiger partial charge in [0.1, 0.15) is 11.2 Å². The molecule has 0 radical (unpaired) electrons. The van der Waals surface area contributed by atoms with Crippen LogP contribution in [0.1, 0.15) is 22.3 Å². The molecule has 0 saturated carbocycles. The van der Waals surface area contributed by atoms with Gasteiger partial charge in [0.15, 0.2) is 5.82 Å². The molecule has 1 aliphatic rings. The molecule has 0 spiro atoms. The van der Waals surface area contributed by atoms with Gasteiger partial charge in [0.25, 0.3) is 0 Å². The number of fused-ring (bicyclic) bond motifs is 9. The van der Waals surface area contributed by atoms with Gasteiger partial charge in [-0.3, -0.25) is 0 Å². The third-order valence-corrected chi connectivity index (χ3v) is 11.0. The van der Waals surface area contributed by atoms with E-state index in [9.17, 15) is 0 Å². The van der Waals surface area contributed by atoms with Crippen molar-refractivity contribution in [3.05, 3.63) is 204 Å². The lowest BCUT2D eigenvalue weighted by Crippen LogP contribution is -2.28. The van der Waals surface area contributed by atoms with E-state index >= 15 is 0 Å². The first-order chi connectivity index (χ1) is 25.8. The van der Waals surface area contributed by atoms with Gasteiger partial charge in [-0.15, -0.1) is 0 Å². The molecular formula is C49H30N2O. The van der Waals surface area contributed by atoms with Gasteiger partial charge in [0, 0.05) is 27.3 Å². The fourth-order valence-electron chi connectivity index (χ4n) is 8.69. The summed E-state index contributed by atoms with van der Waals surface area (Å²) in [5.41, 5.74) is 12.5.